The zero-order chi connectivity index (χ0) is 11.4. The van der Waals surface area contributed by atoms with E-state index in [1.165, 1.54) is 6.07 Å². The van der Waals surface area contributed by atoms with Crippen molar-refractivity contribution in [3.63, 3.8) is 0 Å². The lowest BCUT2D eigenvalue weighted by Gasteiger charge is -2.14. The fourth-order valence-corrected chi connectivity index (χ4v) is 1.96. The Bertz CT molecular complexity index is 342. The molecule has 1 aromatic carbocycles. The third kappa shape index (κ3) is 3.26. The SMILES string of the molecule is CCCCC(N)c1cc(Cl)cc(Cl)c1O. The van der Waals surface area contributed by atoms with Crippen molar-refractivity contribution in [1.82, 2.24) is 0 Å². The number of halogens is 2. The van der Waals surface area contributed by atoms with Crippen molar-refractivity contribution in [2.45, 2.75) is 32.2 Å². The molecule has 0 fully saturated rings. The molecular formula is C11H15Cl2NO. The van der Waals surface area contributed by atoms with Crippen molar-refractivity contribution in [3.8, 4) is 5.75 Å². The Morgan fingerprint density at radius 1 is 1.40 bits per heavy atom. The highest BCUT2D eigenvalue weighted by Gasteiger charge is 2.14. The molecule has 1 atom stereocenters. The van der Waals surface area contributed by atoms with Gasteiger partial charge in [-0.2, -0.15) is 0 Å². The molecule has 1 rings (SSSR count). The molecule has 3 N–H and O–H groups in total. The van der Waals surface area contributed by atoms with Gasteiger partial charge < -0.3 is 10.8 Å². The second-order valence-electron chi connectivity index (χ2n) is 3.57. The summed E-state index contributed by atoms with van der Waals surface area (Å²) in [7, 11) is 0. The Morgan fingerprint density at radius 2 is 2.07 bits per heavy atom. The van der Waals surface area contributed by atoms with Crippen LogP contribution in [0.15, 0.2) is 12.1 Å². The van der Waals surface area contributed by atoms with Gasteiger partial charge in [-0.3, -0.25) is 0 Å². The van der Waals surface area contributed by atoms with Crippen LogP contribution in [0.5, 0.6) is 5.75 Å². The fraction of sp³-hybridized carbons (Fsp3) is 0.455. The zero-order valence-electron chi connectivity index (χ0n) is 8.63. The lowest BCUT2D eigenvalue weighted by molar-refractivity contribution is 0.457. The number of aromatic hydroxyl groups is 1. The molecule has 0 heterocycles. The molecular weight excluding hydrogens is 233 g/mol. The summed E-state index contributed by atoms with van der Waals surface area (Å²) < 4.78 is 0. The first-order valence-corrected chi connectivity index (χ1v) is 5.75. The molecule has 0 bridgehead atoms. The third-order valence-corrected chi connectivity index (χ3v) is 2.83. The first-order valence-electron chi connectivity index (χ1n) is 4.99. The maximum atomic E-state index is 9.72. The highest BCUT2D eigenvalue weighted by Crippen LogP contribution is 2.35. The van der Waals surface area contributed by atoms with E-state index in [1.807, 2.05) is 0 Å². The van der Waals surface area contributed by atoms with Crippen LogP contribution in [0.25, 0.3) is 0 Å². The molecule has 0 saturated carbocycles. The molecule has 1 aromatic rings. The van der Waals surface area contributed by atoms with Gasteiger partial charge in [0.15, 0.2) is 0 Å². The van der Waals surface area contributed by atoms with Crippen molar-refractivity contribution in [1.29, 1.82) is 0 Å². The van der Waals surface area contributed by atoms with Crippen LogP contribution in [0.1, 0.15) is 37.8 Å². The summed E-state index contributed by atoms with van der Waals surface area (Å²) in [6.07, 6.45) is 2.91. The predicted octanol–water partition coefficient (Wildman–Crippen LogP) is 3.89. The van der Waals surface area contributed by atoms with Gasteiger partial charge in [0.2, 0.25) is 0 Å². The van der Waals surface area contributed by atoms with E-state index >= 15 is 0 Å². The minimum Gasteiger partial charge on any atom is -0.506 e. The first kappa shape index (κ1) is 12.6. The quantitative estimate of drug-likeness (QED) is 0.849. The Hall–Kier alpha value is -0.440. The highest BCUT2D eigenvalue weighted by molar-refractivity contribution is 6.35. The molecule has 0 amide bonds. The average molecular weight is 248 g/mol. The van der Waals surface area contributed by atoms with Crippen LogP contribution >= 0.6 is 23.2 Å². The van der Waals surface area contributed by atoms with Gasteiger partial charge >= 0.3 is 0 Å². The second-order valence-corrected chi connectivity index (χ2v) is 4.42. The Balaban J connectivity index is 2.92. The number of nitrogens with two attached hydrogens (primary N) is 1. The minimum absolute atomic E-state index is 0.0460. The number of rotatable bonds is 4. The molecule has 4 heteroatoms. The lowest BCUT2D eigenvalue weighted by Crippen LogP contribution is -2.10. The average Bonchev–Trinajstić information content (AvgIpc) is 2.19. The molecule has 0 aliphatic carbocycles. The number of hydrogen-bond donors (Lipinski definition) is 2. The molecule has 84 valence electrons. The van der Waals surface area contributed by atoms with Crippen LogP contribution in [-0.2, 0) is 0 Å². The number of hydrogen-bond acceptors (Lipinski definition) is 2. The van der Waals surface area contributed by atoms with Crippen LogP contribution in [0.4, 0.5) is 0 Å². The van der Waals surface area contributed by atoms with Crippen LogP contribution in [-0.4, -0.2) is 5.11 Å². The topological polar surface area (TPSA) is 46.2 Å². The molecule has 0 saturated heterocycles. The van der Waals surface area contributed by atoms with Crippen LogP contribution < -0.4 is 5.73 Å². The molecule has 15 heavy (non-hydrogen) atoms. The van der Waals surface area contributed by atoms with Gasteiger partial charge in [-0.1, -0.05) is 43.0 Å². The van der Waals surface area contributed by atoms with Crippen molar-refractivity contribution in [2.75, 3.05) is 0 Å². The third-order valence-electron chi connectivity index (χ3n) is 2.33. The Morgan fingerprint density at radius 3 is 2.67 bits per heavy atom. The minimum atomic E-state index is -0.207. The van der Waals surface area contributed by atoms with Gasteiger partial charge in [0.05, 0.1) is 5.02 Å². The van der Waals surface area contributed by atoms with E-state index in [9.17, 15) is 5.11 Å². The summed E-state index contributed by atoms with van der Waals surface area (Å²) in [5.74, 6) is 0.0460. The summed E-state index contributed by atoms with van der Waals surface area (Å²) in [6, 6.07) is 2.97. The van der Waals surface area contributed by atoms with E-state index in [4.69, 9.17) is 28.9 Å². The van der Waals surface area contributed by atoms with Crippen molar-refractivity contribution in [3.05, 3.63) is 27.7 Å². The fourth-order valence-electron chi connectivity index (χ4n) is 1.45. The van der Waals surface area contributed by atoms with E-state index in [-0.39, 0.29) is 16.8 Å². The summed E-state index contributed by atoms with van der Waals surface area (Å²) >= 11 is 11.7. The summed E-state index contributed by atoms with van der Waals surface area (Å²) in [4.78, 5) is 0. The van der Waals surface area contributed by atoms with Crippen molar-refractivity contribution < 1.29 is 5.11 Å². The van der Waals surface area contributed by atoms with Gasteiger partial charge in [0.25, 0.3) is 0 Å². The molecule has 0 spiro atoms. The molecule has 0 aliphatic heterocycles. The number of benzene rings is 1. The summed E-state index contributed by atoms with van der Waals surface area (Å²) in [6.45, 7) is 2.09. The highest BCUT2D eigenvalue weighted by atomic mass is 35.5. The molecule has 0 radical (unpaired) electrons. The lowest BCUT2D eigenvalue weighted by atomic mass is 10.0. The molecule has 1 unspecified atom stereocenters. The molecule has 0 aromatic heterocycles. The Kier molecular flexibility index (Phi) is 4.71. The van der Waals surface area contributed by atoms with E-state index in [0.29, 0.717) is 10.6 Å². The standard InChI is InChI=1S/C11H15Cl2NO/c1-2-3-4-10(14)8-5-7(12)6-9(13)11(8)15/h5-6,10,15H,2-4,14H2,1H3. The van der Waals surface area contributed by atoms with Gasteiger partial charge in [-0.15, -0.1) is 0 Å². The van der Waals surface area contributed by atoms with Gasteiger partial charge in [0, 0.05) is 16.6 Å². The summed E-state index contributed by atoms with van der Waals surface area (Å²) in [5.41, 5.74) is 6.57. The second kappa shape index (κ2) is 5.59. The summed E-state index contributed by atoms with van der Waals surface area (Å²) in [5, 5.41) is 10.5. The zero-order valence-corrected chi connectivity index (χ0v) is 10.1. The van der Waals surface area contributed by atoms with Crippen LogP contribution in [0.2, 0.25) is 10.0 Å². The number of phenolic OH excluding ortho intramolecular Hbond substituents is 1. The van der Waals surface area contributed by atoms with E-state index in [1.54, 1.807) is 6.07 Å². The van der Waals surface area contributed by atoms with Crippen LogP contribution in [0.3, 0.4) is 0 Å². The number of phenols is 1. The van der Waals surface area contributed by atoms with Crippen molar-refractivity contribution in [2.24, 2.45) is 5.73 Å². The largest absolute Gasteiger partial charge is 0.506 e. The predicted molar refractivity (Wildman–Crippen MR) is 64.6 cm³/mol. The maximum Gasteiger partial charge on any atom is 0.139 e. The smallest absolute Gasteiger partial charge is 0.139 e. The number of unbranched alkanes of at least 4 members (excludes halogenated alkanes) is 1. The first-order chi connectivity index (χ1) is 7.06. The molecule has 2 nitrogen and oxygen atoms in total. The normalized spacial score (nSPS) is 12.8. The van der Waals surface area contributed by atoms with E-state index in [0.717, 1.165) is 19.3 Å². The van der Waals surface area contributed by atoms with Gasteiger partial charge in [0.1, 0.15) is 5.75 Å². The van der Waals surface area contributed by atoms with E-state index in [2.05, 4.69) is 6.92 Å². The van der Waals surface area contributed by atoms with Gasteiger partial charge in [-0.25, -0.2) is 0 Å². The van der Waals surface area contributed by atoms with Gasteiger partial charge in [-0.05, 0) is 18.6 Å². The maximum absolute atomic E-state index is 9.72. The molecule has 0 aliphatic rings. The van der Waals surface area contributed by atoms with E-state index < -0.39 is 0 Å². The van der Waals surface area contributed by atoms with Crippen molar-refractivity contribution >= 4 is 23.2 Å². The monoisotopic (exact) mass is 247 g/mol. The van der Waals surface area contributed by atoms with Crippen LogP contribution in [0, 0.1) is 0 Å². The Labute approximate surface area is 100.0 Å².